The summed E-state index contributed by atoms with van der Waals surface area (Å²) in [5, 5.41) is 23.0. The number of carbonyl (C=O) groups excluding carboxylic acids is 4. The molecule has 1 aromatic rings. The van der Waals surface area contributed by atoms with Gasteiger partial charge >= 0.3 is 11.8 Å². The van der Waals surface area contributed by atoms with E-state index in [1.807, 2.05) is 18.2 Å². The van der Waals surface area contributed by atoms with Crippen molar-refractivity contribution in [3.05, 3.63) is 35.9 Å². The van der Waals surface area contributed by atoms with Crippen molar-refractivity contribution >= 4 is 23.4 Å². The van der Waals surface area contributed by atoms with Crippen molar-refractivity contribution in [1.82, 2.24) is 4.90 Å². The van der Waals surface area contributed by atoms with Crippen molar-refractivity contribution in [3.63, 3.8) is 0 Å². The van der Waals surface area contributed by atoms with Crippen molar-refractivity contribution in [2.24, 2.45) is 23.7 Å². The molecule has 2 unspecified atom stereocenters. The minimum atomic E-state index is -2.80. The van der Waals surface area contributed by atoms with Gasteiger partial charge in [-0.2, -0.15) is 0 Å². The summed E-state index contributed by atoms with van der Waals surface area (Å²) in [7, 11) is 0. The van der Waals surface area contributed by atoms with Crippen LogP contribution in [-0.2, 0) is 35.1 Å². The molecule has 0 spiro atoms. The number of esters is 1. The molecule has 4 rings (SSSR count). The van der Waals surface area contributed by atoms with Crippen LogP contribution in [0.4, 0.5) is 0 Å². The van der Waals surface area contributed by atoms with Crippen LogP contribution in [0.3, 0.4) is 0 Å². The molecule has 9 atom stereocenters. The number of hydrogen-bond acceptors (Lipinski definition) is 8. The average Bonchev–Trinajstić information content (AvgIpc) is 3.17. The van der Waals surface area contributed by atoms with E-state index in [0.717, 1.165) is 31.2 Å². The van der Waals surface area contributed by atoms with Crippen LogP contribution in [0.5, 0.6) is 0 Å². The van der Waals surface area contributed by atoms with Gasteiger partial charge in [-0.15, -0.1) is 0 Å². The number of ether oxygens (including phenoxy) is 2. The molecule has 2 N–H and O–H groups in total. The number of fused-ring (bicyclic) bond motifs is 3. The van der Waals surface area contributed by atoms with Crippen LogP contribution in [0, 0.1) is 23.7 Å². The number of nitrogens with zero attached hydrogens (tertiary/aromatic N) is 1. The second-order valence-corrected chi connectivity index (χ2v) is 13.7. The molecular weight excluding hydrogens is 574 g/mol. The molecule has 3 saturated heterocycles. The van der Waals surface area contributed by atoms with Crippen molar-refractivity contribution in [1.29, 1.82) is 0 Å². The van der Waals surface area contributed by atoms with Crippen molar-refractivity contribution < 1.29 is 38.9 Å². The van der Waals surface area contributed by atoms with E-state index < -0.39 is 65.6 Å². The maximum atomic E-state index is 14.2. The van der Waals surface area contributed by atoms with Crippen LogP contribution in [0.2, 0.25) is 0 Å². The van der Waals surface area contributed by atoms with Gasteiger partial charge in [0.2, 0.25) is 5.78 Å². The number of rotatable bonds is 4. The third-order valence-corrected chi connectivity index (χ3v) is 10.5. The summed E-state index contributed by atoms with van der Waals surface area (Å²) in [6.45, 7) is 7.35. The van der Waals surface area contributed by atoms with Crippen molar-refractivity contribution in [2.75, 3.05) is 6.54 Å². The maximum Gasteiger partial charge on any atom is 0.329 e. The number of piperidine rings is 1. The highest BCUT2D eigenvalue weighted by Gasteiger charge is 2.55. The summed E-state index contributed by atoms with van der Waals surface area (Å²) in [4.78, 5) is 56.1. The molecule has 2 bridgehead atoms. The van der Waals surface area contributed by atoms with Gasteiger partial charge in [-0.3, -0.25) is 14.4 Å². The van der Waals surface area contributed by atoms with Crippen LogP contribution < -0.4 is 0 Å². The van der Waals surface area contributed by atoms with Gasteiger partial charge in [0.05, 0.1) is 12.2 Å². The lowest BCUT2D eigenvalue weighted by Crippen LogP contribution is -2.62. The molecule has 3 aliphatic rings. The SMILES string of the molecule is CC[C@H](Cc1ccccc1)[C@@H]1CCCCCC(=O)[C@@H](C)[C@H](O)[C@@H](C)[C@@H]2CC[C@@H](C)C(=O)C(O)(O2)C(=O)N2CCCCC2C(=O)O1. The lowest BCUT2D eigenvalue weighted by atomic mass is 9.83. The Morgan fingerprint density at radius 1 is 0.933 bits per heavy atom. The first-order valence-electron chi connectivity index (χ1n) is 17.2. The fourth-order valence-electron chi connectivity index (χ4n) is 7.34. The van der Waals surface area contributed by atoms with Crippen molar-refractivity contribution in [2.45, 2.75) is 135 Å². The highest BCUT2D eigenvalue weighted by molar-refractivity contribution is 6.09. The van der Waals surface area contributed by atoms with Gasteiger partial charge in [0.25, 0.3) is 5.91 Å². The minimum Gasteiger partial charge on any atom is -0.461 e. The first-order valence-corrected chi connectivity index (χ1v) is 17.2. The standard InChI is InChI=1S/C36H53NO8/c1-5-27(22-26-14-8-6-9-15-26)31-18-11-7-10-17-29(38)24(3)32(39)25(4)30-20-19-23(2)33(40)36(43,45-30)35(42)37-21-13-12-16-28(37)34(41)44-31/h6,8-9,14-15,23-25,27-28,30-32,39,43H,5,7,10-13,16-22H2,1-4H3/t23-,24-,25+,27-,28?,30+,31+,32+,36?/m1/s1. The topological polar surface area (TPSA) is 130 Å². The van der Waals surface area contributed by atoms with Gasteiger partial charge in [0.1, 0.15) is 17.9 Å². The molecular formula is C36H53NO8. The Bertz CT molecular complexity index is 1170. The van der Waals surface area contributed by atoms with Crippen molar-refractivity contribution in [3.8, 4) is 0 Å². The Morgan fingerprint density at radius 3 is 2.36 bits per heavy atom. The summed E-state index contributed by atoms with van der Waals surface area (Å²) < 4.78 is 12.3. The van der Waals surface area contributed by atoms with E-state index in [9.17, 15) is 29.4 Å². The zero-order valence-electron chi connectivity index (χ0n) is 27.5. The summed E-state index contributed by atoms with van der Waals surface area (Å²) in [5.74, 6) is -7.02. The largest absolute Gasteiger partial charge is 0.461 e. The Kier molecular flexibility index (Phi) is 12.4. The van der Waals surface area contributed by atoms with Gasteiger partial charge in [-0.05, 0) is 75.7 Å². The number of benzene rings is 1. The number of carbonyl (C=O) groups is 4. The quantitative estimate of drug-likeness (QED) is 0.360. The number of cyclic esters (lactones) is 1. The molecule has 3 fully saturated rings. The van der Waals surface area contributed by atoms with Gasteiger partial charge in [0, 0.05) is 30.7 Å². The third kappa shape index (κ3) is 8.22. The van der Waals surface area contributed by atoms with Crippen LogP contribution in [0.15, 0.2) is 30.3 Å². The van der Waals surface area contributed by atoms with E-state index in [1.165, 1.54) is 4.90 Å². The average molecular weight is 628 g/mol. The zero-order valence-corrected chi connectivity index (χ0v) is 27.5. The molecule has 0 aromatic heterocycles. The Labute approximate surface area is 268 Å². The molecule has 9 nitrogen and oxygen atoms in total. The number of amides is 1. The number of ketones is 2. The van der Waals surface area contributed by atoms with E-state index in [4.69, 9.17) is 9.47 Å². The number of Topliss-reactive ketones (excluding diaryl/α,β-unsaturated/α-hetero) is 2. The molecule has 3 heterocycles. The third-order valence-electron chi connectivity index (χ3n) is 10.5. The smallest absolute Gasteiger partial charge is 0.329 e. The van der Waals surface area contributed by atoms with Crippen LogP contribution >= 0.6 is 0 Å². The summed E-state index contributed by atoms with van der Waals surface area (Å²) in [5.41, 5.74) is 1.15. The summed E-state index contributed by atoms with van der Waals surface area (Å²) in [6.07, 6.45) is 4.70. The predicted molar refractivity (Wildman–Crippen MR) is 169 cm³/mol. The van der Waals surface area contributed by atoms with E-state index in [2.05, 4.69) is 19.1 Å². The molecule has 3 aliphatic heterocycles. The maximum absolute atomic E-state index is 14.2. The van der Waals surface area contributed by atoms with Gasteiger partial charge in [0.15, 0.2) is 0 Å². The zero-order chi connectivity index (χ0) is 32.7. The number of aliphatic hydroxyl groups is 2. The second-order valence-electron chi connectivity index (χ2n) is 13.7. The first kappa shape index (κ1) is 35.2. The normalized spacial score (nSPS) is 35.4. The van der Waals surface area contributed by atoms with Crippen LogP contribution in [0.1, 0.15) is 104 Å². The molecule has 9 heteroatoms. The van der Waals surface area contributed by atoms with E-state index >= 15 is 0 Å². The Morgan fingerprint density at radius 2 is 1.64 bits per heavy atom. The lowest BCUT2D eigenvalue weighted by molar-refractivity contribution is -0.237. The molecule has 1 aromatic carbocycles. The molecule has 250 valence electrons. The van der Waals surface area contributed by atoms with E-state index in [-0.39, 0.29) is 18.2 Å². The number of aliphatic hydroxyl groups excluding tert-OH is 1. The van der Waals surface area contributed by atoms with E-state index in [0.29, 0.717) is 51.4 Å². The second kappa shape index (κ2) is 15.8. The molecule has 45 heavy (non-hydrogen) atoms. The summed E-state index contributed by atoms with van der Waals surface area (Å²) >= 11 is 0. The Balaban J connectivity index is 1.68. The molecule has 0 aliphatic carbocycles. The van der Waals surface area contributed by atoms with Gasteiger partial charge in [-0.25, -0.2) is 4.79 Å². The predicted octanol–water partition coefficient (Wildman–Crippen LogP) is 4.79. The molecule has 1 amide bonds. The summed E-state index contributed by atoms with van der Waals surface area (Å²) in [6, 6.07) is 9.14. The van der Waals surface area contributed by atoms with Crippen LogP contribution in [0.25, 0.3) is 0 Å². The minimum absolute atomic E-state index is 0.0468. The highest BCUT2D eigenvalue weighted by Crippen LogP contribution is 2.36. The number of hydrogen-bond donors (Lipinski definition) is 2. The first-order chi connectivity index (χ1) is 21.5. The Hall–Kier alpha value is -2.62. The molecule has 0 saturated carbocycles. The van der Waals surface area contributed by atoms with Crippen LogP contribution in [-0.4, -0.2) is 75.2 Å². The monoisotopic (exact) mass is 627 g/mol. The van der Waals surface area contributed by atoms with E-state index in [1.54, 1.807) is 20.8 Å². The highest BCUT2D eigenvalue weighted by atomic mass is 16.6. The fraction of sp³-hybridized carbons (Fsp3) is 0.722. The fourth-order valence-corrected chi connectivity index (χ4v) is 7.34. The van der Waals surface area contributed by atoms with Gasteiger partial charge < -0.3 is 24.6 Å². The molecule has 0 radical (unpaired) electrons. The lowest BCUT2D eigenvalue weighted by Gasteiger charge is -2.41. The van der Waals surface area contributed by atoms with Gasteiger partial charge in [-0.1, -0.05) is 64.4 Å².